The molecule has 0 aliphatic carbocycles. The summed E-state index contributed by atoms with van der Waals surface area (Å²) in [7, 11) is 4.05. The van der Waals surface area contributed by atoms with Crippen LogP contribution in [0.5, 0.6) is 0 Å². The van der Waals surface area contributed by atoms with Gasteiger partial charge in [0.2, 0.25) is 0 Å². The Balaban J connectivity index is 2.44. The lowest BCUT2D eigenvalue weighted by molar-refractivity contribution is -0.117. The van der Waals surface area contributed by atoms with Crippen molar-refractivity contribution in [3.8, 4) is 6.07 Å². The highest BCUT2D eigenvalue weighted by Crippen LogP contribution is 2.15. The van der Waals surface area contributed by atoms with E-state index in [9.17, 15) is 10.1 Å². The molecule has 1 heterocycles. The topological polar surface area (TPSA) is 68.6 Å². The normalized spacial score (nSPS) is 17.1. The van der Waals surface area contributed by atoms with Crippen LogP contribution in [0.1, 0.15) is 26.2 Å². The summed E-state index contributed by atoms with van der Waals surface area (Å²) in [6, 6.07) is 2.39. The third-order valence-corrected chi connectivity index (χ3v) is 3.92. The average Bonchev–Trinajstić information content (AvgIpc) is 2.52. The summed E-state index contributed by atoms with van der Waals surface area (Å²) in [6.45, 7) is 5.86. The minimum atomic E-state index is -0.307. The first-order valence-corrected chi connectivity index (χ1v) is 7.96. The van der Waals surface area contributed by atoms with Crippen LogP contribution in [-0.4, -0.2) is 68.7 Å². The van der Waals surface area contributed by atoms with E-state index in [1.165, 1.54) is 0 Å². The van der Waals surface area contributed by atoms with Crippen LogP contribution in [-0.2, 0) is 9.53 Å². The molecule has 0 atom stereocenters. The molecule has 6 nitrogen and oxygen atoms in total. The van der Waals surface area contributed by atoms with Crippen molar-refractivity contribution in [2.45, 2.75) is 32.2 Å². The van der Waals surface area contributed by atoms with Gasteiger partial charge >= 0.3 is 0 Å². The van der Waals surface area contributed by atoms with Crippen LogP contribution in [0.15, 0.2) is 11.8 Å². The van der Waals surface area contributed by atoms with Gasteiger partial charge in [-0.2, -0.15) is 5.26 Å². The van der Waals surface area contributed by atoms with Gasteiger partial charge in [-0.3, -0.25) is 4.79 Å². The second-order valence-electron chi connectivity index (χ2n) is 5.66. The maximum Gasteiger partial charge on any atom is 0.263 e. The fourth-order valence-corrected chi connectivity index (χ4v) is 2.47. The first-order chi connectivity index (χ1) is 10.6. The maximum atomic E-state index is 12.0. The highest BCUT2D eigenvalue weighted by atomic mass is 16.5. The van der Waals surface area contributed by atoms with Crippen molar-refractivity contribution in [2.75, 3.05) is 46.9 Å². The Morgan fingerprint density at radius 2 is 2.18 bits per heavy atom. The Morgan fingerprint density at radius 1 is 1.50 bits per heavy atom. The van der Waals surface area contributed by atoms with E-state index >= 15 is 0 Å². The van der Waals surface area contributed by atoms with Crippen molar-refractivity contribution < 1.29 is 9.53 Å². The molecular formula is C16H28N4O2. The molecule has 0 radical (unpaired) electrons. The van der Waals surface area contributed by atoms with E-state index in [1.54, 1.807) is 6.20 Å². The van der Waals surface area contributed by atoms with Gasteiger partial charge in [-0.15, -0.1) is 0 Å². The predicted octanol–water partition coefficient (Wildman–Crippen LogP) is 0.963. The van der Waals surface area contributed by atoms with Gasteiger partial charge in [0.15, 0.2) is 0 Å². The number of ether oxygens (including phenoxy) is 1. The molecule has 124 valence electrons. The van der Waals surface area contributed by atoms with E-state index < -0.39 is 0 Å². The van der Waals surface area contributed by atoms with Gasteiger partial charge in [0.05, 0.1) is 0 Å². The molecule has 0 aromatic heterocycles. The molecule has 1 saturated heterocycles. The minimum absolute atomic E-state index is 0.165. The van der Waals surface area contributed by atoms with Gasteiger partial charge in [-0.05, 0) is 46.3 Å². The number of carbonyl (C=O) groups is 1. The second-order valence-corrected chi connectivity index (χ2v) is 5.66. The third kappa shape index (κ3) is 6.46. The molecule has 0 spiro atoms. The first-order valence-electron chi connectivity index (χ1n) is 7.96. The zero-order valence-electron chi connectivity index (χ0n) is 14.0. The minimum Gasteiger partial charge on any atom is -0.382 e. The van der Waals surface area contributed by atoms with Gasteiger partial charge in [0, 0.05) is 39.0 Å². The van der Waals surface area contributed by atoms with Gasteiger partial charge in [-0.25, -0.2) is 0 Å². The van der Waals surface area contributed by atoms with Gasteiger partial charge < -0.3 is 19.9 Å². The SMILES string of the molecule is CCOCCCNC(=O)/C(C#N)=C\N(C)C1CCN(C)CC1. The molecule has 1 rings (SSSR count). The molecular weight excluding hydrogens is 280 g/mol. The van der Waals surface area contributed by atoms with Crippen molar-refractivity contribution >= 4 is 5.91 Å². The van der Waals surface area contributed by atoms with E-state index in [0.717, 1.165) is 32.4 Å². The summed E-state index contributed by atoms with van der Waals surface area (Å²) in [5, 5.41) is 12.0. The number of likely N-dealkylation sites (tertiary alicyclic amines) is 1. The summed E-state index contributed by atoms with van der Waals surface area (Å²) in [6.07, 6.45) is 4.54. The molecule has 1 amide bonds. The molecule has 0 aromatic carbocycles. The average molecular weight is 308 g/mol. The van der Waals surface area contributed by atoms with Crippen LogP contribution in [0.2, 0.25) is 0 Å². The Kier molecular flexibility index (Phi) is 8.56. The molecule has 0 bridgehead atoms. The van der Waals surface area contributed by atoms with Crippen LogP contribution < -0.4 is 5.32 Å². The van der Waals surface area contributed by atoms with Gasteiger partial charge in [0.25, 0.3) is 5.91 Å². The Bertz CT molecular complexity index is 409. The molecule has 22 heavy (non-hydrogen) atoms. The van der Waals surface area contributed by atoms with Crippen LogP contribution >= 0.6 is 0 Å². The molecule has 0 saturated carbocycles. The lowest BCUT2D eigenvalue weighted by Gasteiger charge is -2.34. The zero-order valence-corrected chi connectivity index (χ0v) is 14.0. The molecule has 0 aromatic rings. The lowest BCUT2D eigenvalue weighted by atomic mass is 10.0. The number of piperidine rings is 1. The largest absolute Gasteiger partial charge is 0.382 e. The fourth-order valence-electron chi connectivity index (χ4n) is 2.47. The van der Waals surface area contributed by atoms with E-state index in [0.29, 0.717) is 25.8 Å². The van der Waals surface area contributed by atoms with Crippen molar-refractivity contribution in [1.82, 2.24) is 15.1 Å². The Hall–Kier alpha value is -1.58. The predicted molar refractivity (Wildman–Crippen MR) is 86.1 cm³/mol. The first kappa shape index (κ1) is 18.5. The van der Waals surface area contributed by atoms with Crippen molar-refractivity contribution in [2.24, 2.45) is 0 Å². The number of nitriles is 1. The second kappa shape index (κ2) is 10.2. The number of hydrogen-bond acceptors (Lipinski definition) is 5. The van der Waals surface area contributed by atoms with E-state index in [-0.39, 0.29) is 11.5 Å². The number of nitrogens with one attached hydrogen (secondary N) is 1. The summed E-state index contributed by atoms with van der Waals surface area (Å²) in [4.78, 5) is 16.3. The molecule has 1 N–H and O–H groups in total. The smallest absolute Gasteiger partial charge is 0.263 e. The molecule has 6 heteroatoms. The van der Waals surface area contributed by atoms with Crippen molar-refractivity contribution in [1.29, 1.82) is 5.26 Å². The Labute approximate surface area is 133 Å². The standard InChI is InChI=1S/C16H28N4O2/c1-4-22-11-5-8-18-16(21)14(12-17)13-20(3)15-6-9-19(2)10-7-15/h13,15H,4-11H2,1-3H3,(H,18,21)/b14-13-. The monoisotopic (exact) mass is 308 g/mol. The quantitative estimate of drug-likeness (QED) is 0.411. The van der Waals surface area contributed by atoms with Crippen LogP contribution in [0, 0.1) is 11.3 Å². The fraction of sp³-hybridized carbons (Fsp3) is 0.750. The van der Waals surface area contributed by atoms with Crippen LogP contribution in [0.4, 0.5) is 0 Å². The van der Waals surface area contributed by atoms with Crippen molar-refractivity contribution in [3.63, 3.8) is 0 Å². The molecule has 0 unspecified atom stereocenters. The highest BCUT2D eigenvalue weighted by Gasteiger charge is 2.20. The van der Waals surface area contributed by atoms with Gasteiger partial charge in [0.1, 0.15) is 11.6 Å². The molecule has 1 fully saturated rings. The number of nitrogens with zero attached hydrogens (tertiary/aromatic N) is 3. The summed E-state index contributed by atoms with van der Waals surface area (Å²) in [5.74, 6) is -0.307. The van der Waals surface area contributed by atoms with Crippen molar-refractivity contribution in [3.05, 3.63) is 11.8 Å². The number of rotatable bonds is 8. The number of carbonyl (C=O) groups excluding carboxylic acids is 1. The van der Waals surface area contributed by atoms with E-state index in [4.69, 9.17) is 4.74 Å². The van der Waals surface area contributed by atoms with E-state index in [2.05, 4.69) is 17.3 Å². The number of hydrogen-bond donors (Lipinski definition) is 1. The van der Waals surface area contributed by atoms with Gasteiger partial charge in [-0.1, -0.05) is 0 Å². The maximum absolute atomic E-state index is 12.0. The summed E-state index contributed by atoms with van der Waals surface area (Å²) >= 11 is 0. The van der Waals surface area contributed by atoms with Crippen LogP contribution in [0.3, 0.4) is 0 Å². The highest BCUT2D eigenvalue weighted by molar-refractivity contribution is 5.97. The lowest BCUT2D eigenvalue weighted by Crippen LogP contribution is -2.40. The van der Waals surface area contributed by atoms with E-state index in [1.807, 2.05) is 24.9 Å². The Morgan fingerprint density at radius 3 is 2.77 bits per heavy atom. The molecule has 1 aliphatic heterocycles. The molecule has 1 aliphatic rings. The number of amides is 1. The third-order valence-electron chi connectivity index (χ3n) is 3.92. The zero-order chi connectivity index (χ0) is 16.4. The summed E-state index contributed by atoms with van der Waals surface area (Å²) in [5.41, 5.74) is 0.165. The summed E-state index contributed by atoms with van der Waals surface area (Å²) < 4.78 is 5.21. The van der Waals surface area contributed by atoms with Crippen LogP contribution in [0.25, 0.3) is 0 Å².